The van der Waals surface area contributed by atoms with E-state index in [-0.39, 0.29) is 4.75 Å². The third kappa shape index (κ3) is 3.43. The van der Waals surface area contributed by atoms with Gasteiger partial charge in [-0.05, 0) is 20.8 Å². The van der Waals surface area contributed by atoms with Crippen molar-refractivity contribution in [3.63, 3.8) is 0 Å². The van der Waals surface area contributed by atoms with Crippen LogP contribution in [-0.2, 0) is 11.4 Å². The molecule has 0 spiro atoms. The van der Waals surface area contributed by atoms with Crippen molar-refractivity contribution in [1.82, 2.24) is 9.97 Å². The van der Waals surface area contributed by atoms with Crippen LogP contribution in [0, 0.1) is 0 Å². The minimum atomic E-state index is -1.24. The van der Waals surface area contributed by atoms with Crippen LogP contribution in [0.4, 0.5) is 0 Å². The van der Waals surface area contributed by atoms with Gasteiger partial charge in [0.05, 0.1) is 6.20 Å². The fourth-order valence-corrected chi connectivity index (χ4v) is 1.16. The lowest BCUT2D eigenvalue weighted by molar-refractivity contribution is 0.562. The molecule has 1 heterocycles. The molecule has 14 heavy (non-hydrogen) atoms. The molecule has 0 saturated carbocycles. The lowest BCUT2D eigenvalue weighted by Crippen LogP contribution is -2.25. The van der Waals surface area contributed by atoms with Crippen LogP contribution in [0.25, 0.3) is 0 Å². The van der Waals surface area contributed by atoms with Crippen molar-refractivity contribution < 1.29 is 4.55 Å². The number of rotatable bonds is 2. The molecule has 0 aliphatic heterocycles. The molecule has 0 saturated heterocycles. The van der Waals surface area contributed by atoms with Gasteiger partial charge in [-0.25, -0.2) is 0 Å². The van der Waals surface area contributed by atoms with Gasteiger partial charge in [0.15, 0.2) is 0 Å². The van der Waals surface area contributed by atoms with Gasteiger partial charge in [0.1, 0.15) is 28.0 Å². The largest absolute Gasteiger partial charge is 0.591 e. The Bertz CT molecular complexity index is 308. The lowest BCUT2D eigenvalue weighted by Gasteiger charge is -2.17. The molecule has 0 amide bonds. The zero-order valence-corrected chi connectivity index (χ0v) is 9.28. The number of aromatic nitrogens is 2. The molecule has 0 N–H and O–H groups in total. The predicted octanol–water partition coefficient (Wildman–Crippen LogP) is 1.36. The van der Waals surface area contributed by atoms with Gasteiger partial charge in [0.25, 0.3) is 0 Å². The van der Waals surface area contributed by atoms with Crippen molar-refractivity contribution in [2.75, 3.05) is 0 Å². The van der Waals surface area contributed by atoms with Crippen LogP contribution >= 0.6 is 0 Å². The molecule has 1 aromatic rings. The lowest BCUT2D eigenvalue weighted by atomic mass is 10.3. The molecule has 1 rings (SSSR count). The van der Waals surface area contributed by atoms with Crippen LogP contribution < -0.4 is 0 Å². The monoisotopic (exact) mass is 211 g/mol. The Kier molecular flexibility index (Phi) is 3.60. The predicted molar refractivity (Wildman–Crippen MR) is 57.5 cm³/mol. The number of hydrogen-bond donors (Lipinski definition) is 0. The highest BCUT2D eigenvalue weighted by Crippen LogP contribution is 2.16. The van der Waals surface area contributed by atoms with E-state index in [1.807, 2.05) is 20.8 Å². The second kappa shape index (κ2) is 4.52. The third-order valence-electron chi connectivity index (χ3n) is 1.39. The molecule has 0 fully saturated rings. The molecule has 0 aliphatic rings. The standard InChI is InChI=1S/C9H13N3OS/c1-9(2,3)14(13)12-7-8-6-10-4-5-11-8/h4-7H,1-3H3/t14-/m0/s1. The smallest absolute Gasteiger partial charge is 0.144 e. The number of hydrogen-bond acceptors (Lipinski definition) is 4. The van der Waals surface area contributed by atoms with Crippen molar-refractivity contribution >= 4 is 17.6 Å². The maximum atomic E-state index is 11.5. The highest BCUT2D eigenvalue weighted by Gasteiger charge is 2.25. The Hall–Kier alpha value is -0.940. The highest BCUT2D eigenvalue weighted by molar-refractivity contribution is 7.91. The molecule has 0 aliphatic carbocycles. The summed E-state index contributed by atoms with van der Waals surface area (Å²) in [5, 5.41) is 0. The molecule has 0 bridgehead atoms. The first-order chi connectivity index (χ1) is 6.50. The fraction of sp³-hybridized carbons (Fsp3) is 0.444. The van der Waals surface area contributed by atoms with E-state index in [4.69, 9.17) is 0 Å². The molecule has 0 aromatic carbocycles. The molecule has 4 nitrogen and oxygen atoms in total. The summed E-state index contributed by atoms with van der Waals surface area (Å²) in [6.07, 6.45) is 6.21. The van der Waals surface area contributed by atoms with Gasteiger partial charge in [-0.1, -0.05) is 4.40 Å². The van der Waals surface area contributed by atoms with E-state index < -0.39 is 11.4 Å². The summed E-state index contributed by atoms with van der Waals surface area (Å²) in [7, 11) is 0. The molecule has 1 aromatic heterocycles. The first-order valence-corrected chi connectivity index (χ1v) is 5.33. The Labute approximate surface area is 86.8 Å². The van der Waals surface area contributed by atoms with E-state index in [2.05, 4.69) is 14.4 Å². The molecular formula is C9H13N3OS. The summed E-state index contributed by atoms with van der Waals surface area (Å²) in [6, 6.07) is 0. The first kappa shape index (κ1) is 11.1. The maximum Gasteiger partial charge on any atom is 0.144 e. The van der Waals surface area contributed by atoms with E-state index in [0.717, 1.165) is 0 Å². The van der Waals surface area contributed by atoms with Crippen molar-refractivity contribution in [3.8, 4) is 0 Å². The van der Waals surface area contributed by atoms with Gasteiger partial charge in [0.2, 0.25) is 0 Å². The summed E-state index contributed by atoms with van der Waals surface area (Å²) in [4.78, 5) is 7.86. The maximum absolute atomic E-state index is 11.5. The van der Waals surface area contributed by atoms with Crippen molar-refractivity contribution in [1.29, 1.82) is 0 Å². The van der Waals surface area contributed by atoms with Gasteiger partial charge >= 0.3 is 0 Å². The normalized spacial score (nSPS) is 14.6. The van der Waals surface area contributed by atoms with Gasteiger partial charge in [-0.15, -0.1) is 0 Å². The Morgan fingerprint density at radius 2 is 2.14 bits per heavy atom. The summed E-state index contributed by atoms with van der Waals surface area (Å²) in [6.45, 7) is 5.62. The van der Waals surface area contributed by atoms with Crippen LogP contribution in [0.15, 0.2) is 23.0 Å². The highest BCUT2D eigenvalue weighted by atomic mass is 32.2. The van der Waals surface area contributed by atoms with Crippen molar-refractivity contribution in [2.45, 2.75) is 25.5 Å². The van der Waals surface area contributed by atoms with Crippen molar-refractivity contribution in [2.24, 2.45) is 4.40 Å². The van der Waals surface area contributed by atoms with E-state index >= 15 is 0 Å². The Balaban J connectivity index is 2.66. The third-order valence-corrected chi connectivity index (χ3v) is 2.73. The zero-order chi connectivity index (χ0) is 10.6. The van der Waals surface area contributed by atoms with E-state index in [0.29, 0.717) is 5.69 Å². The summed E-state index contributed by atoms with van der Waals surface area (Å²) < 4.78 is 15.1. The molecule has 76 valence electrons. The first-order valence-electron chi connectivity index (χ1n) is 4.22. The van der Waals surface area contributed by atoms with Gasteiger partial charge in [0, 0.05) is 12.4 Å². The second-order valence-corrected chi connectivity index (χ2v) is 5.66. The topological polar surface area (TPSA) is 61.2 Å². The van der Waals surface area contributed by atoms with E-state index in [1.165, 1.54) is 6.21 Å². The van der Waals surface area contributed by atoms with Gasteiger partial charge < -0.3 is 4.55 Å². The minimum Gasteiger partial charge on any atom is -0.591 e. The molecule has 0 unspecified atom stereocenters. The SMILES string of the molecule is CC(C)(C)[S@+]([O-])N=Cc1cnccn1. The van der Waals surface area contributed by atoms with E-state index in [1.54, 1.807) is 18.6 Å². The minimum absolute atomic E-state index is 0.335. The fourth-order valence-electron chi connectivity index (χ4n) is 0.637. The average Bonchev–Trinajstić information content (AvgIpc) is 2.14. The zero-order valence-electron chi connectivity index (χ0n) is 8.47. The van der Waals surface area contributed by atoms with E-state index in [9.17, 15) is 4.55 Å². The molecule has 0 radical (unpaired) electrons. The molecule has 1 atom stereocenters. The van der Waals surface area contributed by atoms with Crippen LogP contribution in [0.3, 0.4) is 0 Å². The van der Waals surface area contributed by atoms with Crippen LogP contribution in [0.2, 0.25) is 0 Å². The number of nitrogens with zero attached hydrogens (tertiary/aromatic N) is 3. The molecular weight excluding hydrogens is 198 g/mol. The average molecular weight is 211 g/mol. The second-order valence-electron chi connectivity index (χ2n) is 3.73. The summed E-state index contributed by atoms with van der Waals surface area (Å²) >= 11 is -1.24. The summed E-state index contributed by atoms with van der Waals surface area (Å²) in [5.41, 5.74) is 0.616. The van der Waals surface area contributed by atoms with Crippen molar-refractivity contribution in [3.05, 3.63) is 24.3 Å². The van der Waals surface area contributed by atoms with Crippen LogP contribution in [0.1, 0.15) is 26.5 Å². The summed E-state index contributed by atoms with van der Waals surface area (Å²) in [5.74, 6) is 0. The van der Waals surface area contributed by atoms with Gasteiger partial charge in [-0.3, -0.25) is 9.97 Å². The van der Waals surface area contributed by atoms with Crippen LogP contribution in [-0.4, -0.2) is 25.5 Å². The Morgan fingerprint density at radius 3 is 2.64 bits per heavy atom. The molecule has 5 heteroatoms. The van der Waals surface area contributed by atoms with Gasteiger partial charge in [-0.2, -0.15) is 0 Å². The Morgan fingerprint density at radius 1 is 1.43 bits per heavy atom. The van der Waals surface area contributed by atoms with Crippen LogP contribution in [0.5, 0.6) is 0 Å². The quantitative estimate of drug-likeness (QED) is 0.548.